The summed E-state index contributed by atoms with van der Waals surface area (Å²) in [5.41, 5.74) is 1.97. The van der Waals surface area contributed by atoms with Crippen molar-refractivity contribution in [1.82, 2.24) is 14.8 Å². The fourth-order valence-electron chi connectivity index (χ4n) is 1.80. The predicted molar refractivity (Wildman–Crippen MR) is 75.0 cm³/mol. The van der Waals surface area contributed by atoms with Gasteiger partial charge in [-0.1, -0.05) is 30.8 Å². The summed E-state index contributed by atoms with van der Waals surface area (Å²) in [4.78, 5) is 10.7. The van der Waals surface area contributed by atoms with E-state index in [1.165, 1.54) is 0 Å². The SMILES string of the molecule is CCc1cccc(-n2c(CO)nnc2SCC(=O)O)c1. The quantitative estimate of drug-likeness (QED) is 0.785. The number of nitrogens with zero attached hydrogens (tertiary/aromatic N) is 3. The Morgan fingerprint density at radius 2 is 2.20 bits per heavy atom. The second-order valence-electron chi connectivity index (χ2n) is 4.10. The van der Waals surface area contributed by atoms with Gasteiger partial charge in [-0.05, 0) is 24.1 Å². The molecule has 0 aliphatic heterocycles. The van der Waals surface area contributed by atoms with Crippen molar-refractivity contribution in [3.8, 4) is 5.69 Å². The smallest absolute Gasteiger partial charge is 0.313 e. The van der Waals surface area contributed by atoms with Crippen LogP contribution in [0.25, 0.3) is 5.69 Å². The number of hydrogen-bond donors (Lipinski definition) is 2. The first kappa shape index (κ1) is 14.5. The van der Waals surface area contributed by atoms with Gasteiger partial charge in [-0.3, -0.25) is 9.36 Å². The van der Waals surface area contributed by atoms with Crippen molar-refractivity contribution in [2.24, 2.45) is 0 Å². The monoisotopic (exact) mass is 293 g/mol. The summed E-state index contributed by atoms with van der Waals surface area (Å²) in [6, 6.07) is 7.79. The van der Waals surface area contributed by atoms with Crippen molar-refractivity contribution in [1.29, 1.82) is 0 Å². The largest absolute Gasteiger partial charge is 0.481 e. The highest BCUT2D eigenvalue weighted by molar-refractivity contribution is 7.99. The fraction of sp³-hybridized carbons (Fsp3) is 0.308. The van der Waals surface area contributed by atoms with Gasteiger partial charge in [0.15, 0.2) is 11.0 Å². The van der Waals surface area contributed by atoms with Gasteiger partial charge in [-0.2, -0.15) is 0 Å². The molecule has 7 heteroatoms. The molecule has 106 valence electrons. The van der Waals surface area contributed by atoms with E-state index < -0.39 is 5.97 Å². The van der Waals surface area contributed by atoms with Crippen molar-refractivity contribution in [2.75, 3.05) is 5.75 Å². The molecule has 0 unspecified atom stereocenters. The van der Waals surface area contributed by atoms with Crippen LogP contribution in [-0.4, -0.2) is 36.7 Å². The molecule has 0 saturated heterocycles. The maximum Gasteiger partial charge on any atom is 0.313 e. The summed E-state index contributed by atoms with van der Waals surface area (Å²) in [6.07, 6.45) is 0.891. The van der Waals surface area contributed by atoms with Crippen molar-refractivity contribution in [3.05, 3.63) is 35.7 Å². The Morgan fingerprint density at radius 1 is 1.40 bits per heavy atom. The van der Waals surface area contributed by atoms with Crippen LogP contribution in [0.4, 0.5) is 0 Å². The third-order valence-electron chi connectivity index (χ3n) is 2.74. The molecular weight excluding hydrogens is 278 g/mol. The molecule has 1 aromatic carbocycles. The zero-order valence-corrected chi connectivity index (χ0v) is 11.8. The number of rotatable bonds is 6. The number of aliphatic carboxylic acids is 1. The zero-order valence-electron chi connectivity index (χ0n) is 11.0. The molecule has 2 aromatic rings. The van der Waals surface area contributed by atoms with Gasteiger partial charge < -0.3 is 10.2 Å². The Balaban J connectivity index is 2.41. The number of carboxylic acid groups (broad SMARTS) is 1. The van der Waals surface area contributed by atoms with Crippen LogP contribution in [0, 0.1) is 0 Å². The highest BCUT2D eigenvalue weighted by Gasteiger charge is 2.15. The van der Waals surface area contributed by atoms with Crippen LogP contribution in [0.5, 0.6) is 0 Å². The van der Waals surface area contributed by atoms with Gasteiger partial charge in [0.1, 0.15) is 6.61 Å². The zero-order chi connectivity index (χ0) is 14.5. The number of aryl methyl sites for hydroxylation is 1. The molecule has 0 saturated carbocycles. The molecule has 6 nitrogen and oxygen atoms in total. The van der Waals surface area contributed by atoms with Gasteiger partial charge in [0.05, 0.1) is 5.75 Å². The maximum absolute atomic E-state index is 10.7. The van der Waals surface area contributed by atoms with E-state index in [4.69, 9.17) is 5.11 Å². The lowest BCUT2D eigenvalue weighted by Crippen LogP contribution is -2.05. The van der Waals surface area contributed by atoms with Gasteiger partial charge in [0.2, 0.25) is 0 Å². The minimum absolute atomic E-state index is 0.100. The molecule has 1 heterocycles. The lowest BCUT2D eigenvalue weighted by atomic mass is 10.1. The Kier molecular flexibility index (Phi) is 4.75. The average molecular weight is 293 g/mol. The van der Waals surface area contributed by atoms with Gasteiger partial charge in [0, 0.05) is 5.69 Å². The summed E-state index contributed by atoms with van der Waals surface area (Å²) in [5, 5.41) is 26.4. The van der Waals surface area contributed by atoms with E-state index in [1.54, 1.807) is 4.57 Å². The molecule has 0 aliphatic rings. The van der Waals surface area contributed by atoms with Crippen LogP contribution in [0.3, 0.4) is 0 Å². The molecule has 2 rings (SSSR count). The van der Waals surface area contributed by atoms with Crippen molar-refractivity contribution in [3.63, 3.8) is 0 Å². The normalized spacial score (nSPS) is 10.7. The van der Waals surface area contributed by atoms with E-state index in [0.717, 1.165) is 29.4 Å². The number of aromatic nitrogens is 3. The van der Waals surface area contributed by atoms with Crippen molar-refractivity contribution < 1.29 is 15.0 Å². The molecule has 2 N–H and O–H groups in total. The maximum atomic E-state index is 10.7. The van der Waals surface area contributed by atoms with E-state index in [9.17, 15) is 9.90 Å². The number of hydrogen-bond acceptors (Lipinski definition) is 5. The summed E-state index contributed by atoms with van der Waals surface area (Å²) >= 11 is 1.08. The van der Waals surface area contributed by atoms with Crippen LogP contribution in [-0.2, 0) is 17.8 Å². The van der Waals surface area contributed by atoms with Crippen LogP contribution < -0.4 is 0 Å². The Hall–Kier alpha value is -1.86. The molecule has 0 aliphatic carbocycles. The Labute approximate surface area is 120 Å². The fourth-order valence-corrected chi connectivity index (χ4v) is 2.49. The van der Waals surface area contributed by atoms with Crippen LogP contribution in [0.2, 0.25) is 0 Å². The Bertz CT molecular complexity index is 613. The molecule has 20 heavy (non-hydrogen) atoms. The number of thioether (sulfide) groups is 1. The lowest BCUT2D eigenvalue weighted by molar-refractivity contribution is -0.133. The number of carbonyl (C=O) groups is 1. The van der Waals surface area contributed by atoms with E-state index in [-0.39, 0.29) is 12.4 Å². The molecule has 0 amide bonds. The third kappa shape index (κ3) is 3.17. The molecule has 0 bridgehead atoms. The second kappa shape index (κ2) is 6.53. The van der Waals surface area contributed by atoms with Crippen LogP contribution >= 0.6 is 11.8 Å². The minimum atomic E-state index is -0.919. The summed E-state index contributed by atoms with van der Waals surface area (Å²) < 4.78 is 1.69. The van der Waals surface area contributed by atoms with Gasteiger partial charge in [0.25, 0.3) is 0 Å². The average Bonchev–Trinajstić information content (AvgIpc) is 2.88. The van der Waals surface area contributed by atoms with E-state index in [0.29, 0.717) is 11.0 Å². The third-order valence-corrected chi connectivity index (χ3v) is 3.66. The van der Waals surface area contributed by atoms with E-state index in [2.05, 4.69) is 17.1 Å². The molecule has 1 aromatic heterocycles. The van der Waals surface area contributed by atoms with E-state index >= 15 is 0 Å². The lowest BCUT2D eigenvalue weighted by Gasteiger charge is -2.09. The molecule has 0 atom stereocenters. The minimum Gasteiger partial charge on any atom is -0.481 e. The first-order valence-corrected chi connectivity index (χ1v) is 7.13. The Morgan fingerprint density at radius 3 is 2.85 bits per heavy atom. The van der Waals surface area contributed by atoms with E-state index in [1.807, 2.05) is 24.3 Å². The first-order valence-electron chi connectivity index (χ1n) is 6.14. The second-order valence-corrected chi connectivity index (χ2v) is 5.04. The molecular formula is C13H15N3O3S. The molecule has 0 spiro atoms. The number of carboxylic acids is 1. The molecule has 0 radical (unpaired) electrons. The first-order chi connectivity index (χ1) is 9.65. The summed E-state index contributed by atoms with van der Waals surface area (Å²) in [7, 11) is 0. The highest BCUT2D eigenvalue weighted by atomic mass is 32.2. The molecule has 0 fully saturated rings. The van der Waals surface area contributed by atoms with Crippen LogP contribution in [0.15, 0.2) is 29.4 Å². The van der Waals surface area contributed by atoms with Gasteiger partial charge in [-0.15, -0.1) is 10.2 Å². The summed E-state index contributed by atoms with van der Waals surface area (Å²) in [6.45, 7) is 1.80. The van der Waals surface area contributed by atoms with Gasteiger partial charge in [-0.25, -0.2) is 0 Å². The number of aliphatic hydroxyl groups is 1. The standard InChI is InChI=1S/C13H15N3O3S/c1-2-9-4-3-5-10(6-9)16-11(7-17)14-15-13(16)20-8-12(18)19/h3-6,17H,2,7-8H2,1H3,(H,18,19). The van der Waals surface area contributed by atoms with Crippen LogP contribution in [0.1, 0.15) is 18.3 Å². The predicted octanol–water partition coefficient (Wildman–Crippen LogP) is 1.50. The number of benzene rings is 1. The highest BCUT2D eigenvalue weighted by Crippen LogP contribution is 2.22. The van der Waals surface area contributed by atoms with Gasteiger partial charge >= 0.3 is 5.97 Å². The summed E-state index contributed by atoms with van der Waals surface area (Å²) in [5.74, 6) is -0.625. The number of aliphatic hydroxyl groups excluding tert-OH is 1. The van der Waals surface area contributed by atoms with Crippen molar-refractivity contribution in [2.45, 2.75) is 25.1 Å². The van der Waals surface area contributed by atoms with Crippen molar-refractivity contribution >= 4 is 17.7 Å². The topological polar surface area (TPSA) is 88.2 Å².